The van der Waals surface area contributed by atoms with Crippen molar-refractivity contribution < 1.29 is 9.13 Å². The van der Waals surface area contributed by atoms with E-state index < -0.39 is 0 Å². The number of halogens is 2. The SMILES string of the molecule is CCNCc1cn(CCOc2ccc(Br)cc2F)nn1. The van der Waals surface area contributed by atoms with Gasteiger partial charge in [-0.1, -0.05) is 28.1 Å². The molecule has 0 radical (unpaired) electrons. The highest BCUT2D eigenvalue weighted by atomic mass is 79.9. The lowest BCUT2D eigenvalue weighted by Crippen LogP contribution is -2.12. The number of benzene rings is 1. The summed E-state index contributed by atoms with van der Waals surface area (Å²) in [6.45, 7) is 4.47. The van der Waals surface area contributed by atoms with Crippen molar-refractivity contribution in [1.29, 1.82) is 0 Å². The van der Waals surface area contributed by atoms with Crippen molar-refractivity contribution in [3.63, 3.8) is 0 Å². The summed E-state index contributed by atoms with van der Waals surface area (Å²) in [6.07, 6.45) is 1.85. The first-order valence-corrected chi connectivity index (χ1v) is 7.16. The standard InChI is InChI=1S/C13H16BrFN4O/c1-2-16-8-11-9-19(18-17-11)5-6-20-13-4-3-10(14)7-12(13)15/h3-4,7,9,16H,2,5-6,8H2,1H3. The summed E-state index contributed by atoms with van der Waals surface area (Å²) in [5, 5.41) is 11.2. The molecule has 0 saturated carbocycles. The second-order valence-electron chi connectivity index (χ2n) is 4.18. The number of hydrogen-bond acceptors (Lipinski definition) is 4. The van der Waals surface area contributed by atoms with Gasteiger partial charge in [0.15, 0.2) is 11.6 Å². The van der Waals surface area contributed by atoms with E-state index in [0.717, 1.165) is 12.2 Å². The molecule has 5 nitrogen and oxygen atoms in total. The fourth-order valence-corrected chi connectivity index (χ4v) is 1.96. The van der Waals surface area contributed by atoms with E-state index in [2.05, 4.69) is 31.6 Å². The second-order valence-corrected chi connectivity index (χ2v) is 5.09. The molecule has 0 atom stereocenters. The van der Waals surface area contributed by atoms with Crippen LogP contribution in [0.2, 0.25) is 0 Å². The van der Waals surface area contributed by atoms with E-state index in [-0.39, 0.29) is 11.6 Å². The Kier molecular flexibility index (Phi) is 5.49. The molecule has 108 valence electrons. The highest BCUT2D eigenvalue weighted by molar-refractivity contribution is 9.10. The van der Waals surface area contributed by atoms with Gasteiger partial charge in [0.05, 0.1) is 12.2 Å². The Morgan fingerprint density at radius 2 is 2.30 bits per heavy atom. The number of aromatic nitrogens is 3. The van der Waals surface area contributed by atoms with Crippen LogP contribution in [-0.2, 0) is 13.1 Å². The lowest BCUT2D eigenvalue weighted by molar-refractivity contribution is 0.277. The molecule has 0 unspecified atom stereocenters. The molecule has 0 saturated heterocycles. The summed E-state index contributed by atoms with van der Waals surface area (Å²) in [5.74, 6) is -0.146. The van der Waals surface area contributed by atoms with Crippen molar-refractivity contribution in [3.8, 4) is 5.75 Å². The number of hydrogen-bond donors (Lipinski definition) is 1. The van der Waals surface area contributed by atoms with Gasteiger partial charge in [0.1, 0.15) is 6.61 Å². The number of nitrogens with zero attached hydrogens (tertiary/aromatic N) is 3. The molecule has 0 bridgehead atoms. The molecular formula is C13H16BrFN4O. The normalized spacial score (nSPS) is 10.8. The molecule has 0 aliphatic heterocycles. The summed E-state index contributed by atoms with van der Waals surface area (Å²) in [5.41, 5.74) is 0.877. The van der Waals surface area contributed by atoms with Crippen molar-refractivity contribution in [2.75, 3.05) is 13.2 Å². The van der Waals surface area contributed by atoms with E-state index in [4.69, 9.17) is 4.74 Å². The summed E-state index contributed by atoms with van der Waals surface area (Å²) >= 11 is 3.20. The molecule has 20 heavy (non-hydrogen) atoms. The van der Waals surface area contributed by atoms with Gasteiger partial charge < -0.3 is 10.1 Å². The van der Waals surface area contributed by atoms with Crippen LogP contribution in [0.15, 0.2) is 28.9 Å². The van der Waals surface area contributed by atoms with Crippen LogP contribution in [0.4, 0.5) is 4.39 Å². The van der Waals surface area contributed by atoms with Gasteiger partial charge in [-0.25, -0.2) is 9.07 Å². The molecule has 7 heteroatoms. The molecule has 0 fully saturated rings. The van der Waals surface area contributed by atoms with Gasteiger partial charge in [-0.05, 0) is 24.7 Å². The largest absolute Gasteiger partial charge is 0.489 e. The minimum Gasteiger partial charge on any atom is -0.489 e. The van der Waals surface area contributed by atoms with Gasteiger partial charge in [-0.3, -0.25) is 0 Å². The summed E-state index contributed by atoms with van der Waals surface area (Å²) in [7, 11) is 0. The fraction of sp³-hybridized carbons (Fsp3) is 0.385. The summed E-state index contributed by atoms with van der Waals surface area (Å²) < 4.78 is 21.3. The van der Waals surface area contributed by atoms with Crippen LogP contribution in [0.5, 0.6) is 5.75 Å². The molecular weight excluding hydrogens is 327 g/mol. The Morgan fingerprint density at radius 3 is 3.05 bits per heavy atom. The van der Waals surface area contributed by atoms with E-state index in [1.807, 2.05) is 13.1 Å². The van der Waals surface area contributed by atoms with Gasteiger partial charge in [0.25, 0.3) is 0 Å². The van der Waals surface area contributed by atoms with Crippen LogP contribution in [0, 0.1) is 5.82 Å². The smallest absolute Gasteiger partial charge is 0.166 e. The molecule has 0 spiro atoms. The Morgan fingerprint density at radius 1 is 1.45 bits per heavy atom. The zero-order valence-electron chi connectivity index (χ0n) is 11.1. The lowest BCUT2D eigenvalue weighted by Gasteiger charge is -2.07. The first-order valence-electron chi connectivity index (χ1n) is 6.36. The third kappa shape index (κ3) is 4.28. The molecule has 1 aromatic heterocycles. The van der Waals surface area contributed by atoms with Gasteiger partial charge in [0, 0.05) is 17.2 Å². The van der Waals surface area contributed by atoms with E-state index in [1.54, 1.807) is 16.8 Å². The molecule has 2 rings (SSSR count). The summed E-state index contributed by atoms with van der Waals surface area (Å²) in [6, 6.07) is 4.71. The van der Waals surface area contributed by atoms with Crippen molar-refractivity contribution in [2.45, 2.75) is 20.0 Å². The average Bonchev–Trinajstić information content (AvgIpc) is 2.87. The lowest BCUT2D eigenvalue weighted by atomic mass is 10.3. The van der Waals surface area contributed by atoms with Crippen LogP contribution < -0.4 is 10.1 Å². The first-order chi connectivity index (χ1) is 9.69. The number of nitrogens with one attached hydrogen (secondary N) is 1. The van der Waals surface area contributed by atoms with E-state index in [1.165, 1.54) is 6.07 Å². The number of ether oxygens (including phenoxy) is 1. The highest BCUT2D eigenvalue weighted by Crippen LogP contribution is 2.21. The molecule has 0 aliphatic carbocycles. The minimum atomic E-state index is -0.384. The van der Waals surface area contributed by atoms with Gasteiger partial charge in [-0.15, -0.1) is 5.10 Å². The second kappa shape index (κ2) is 7.35. The zero-order chi connectivity index (χ0) is 14.4. The molecule has 1 N–H and O–H groups in total. The van der Waals surface area contributed by atoms with E-state index in [0.29, 0.717) is 24.2 Å². The maximum absolute atomic E-state index is 13.5. The monoisotopic (exact) mass is 342 g/mol. The molecule has 0 amide bonds. The molecule has 0 aliphatic rings. The van der Waals surface area contributed by atoms with Crippen molar-refractivity contribution in [2.24, 2.45) is 0 Å². The Labute approximate surface area is 125 Å². The zero-order valence-corrected chi connectivity index (χ0v) is 12.7. The van der Waals surface area contributed by atoms with Crippen LogP contribution in [0.1, 0.15) is 12.6 Å². The molecule has 2 aromatic rings. The van der Waals surface area contributed by atoms with Crippen LogP contribution in [-0.4, -0.2) is 28.1 Å². The molecule has 1 heterocycles. The van der Waals surface area contributed by atoms with Crippen LogP contribution in [0.25, 0.3) is 0 Å². The van der Waals surface area contributed by atoms with Crippen LogP contribution >= 0.6 is 15.9 Å². The maximum atomic E-state index is 13.5. The van der Waals surface area contributed by atoms with Gasteiger partial charge in [0.2, 0.25) is 0 Å². The Hall–Kier alpha value is -1.47. The number of rotatable bonds is 7. The van der Waals surface area contributed by atoms with Gasteiger partial charge >= 0.3 is 0 Å². The third-order valence-electron chi connectivity index (χ3n) is 2.61. The quantitative estimate of drug-likeness (QED) is 0.839. The topological polar surface area (TPSA) is 52.0 Å². The van der Waals surface area contributed by atoms with E-state index in [9.17, 15) is 4.39 Å². The fourth-order valence-electron chi connectivity index (χ4n) is 1.62. The minimum absolute atomic E-state index is 0.237. The first kappa shape index (κ1) is 14.9. The predicted molar refractivity (Wildman–Crippen MR) is 77.0 cm³/mol. The predicted octanol–water partition coefficient (Wildman–Crippen LogP) is 2.37. The van der Waals surface area contributed by atoms with Crippen LogP contribution in [0.3, 0.4) is 0 Å². The van der Waals surface area contributed by atoms with Gasteiger partial charge in [-0.2, -0.15) is 0 Å². The van der Waals surface area contributed by atoms with E-state index >= 15 is 0 Å². The van der Waals surface area contributed by atoms with Crippen molar-refractivity contribution >= 4 is 15.9 Å². The maximum Gasteiger partial charge on any atom is 0.166 e. The average molecular weight is 343 g/mol. The van der Waals surface area contributed by atoms with Crippen molar-refractivity contribution in [3.05, 3.63) is 40.4 Å². The highest BCUT2D eigenvalue weighted by Gasteiger charge is 2.04. The summed E-state index contributed by atoms with van der Waals surface area (Å²) in [4.78, 5) is 0. The third-order valence-corrected chi connectivity index (χ3v) is 3.11. The Balaban J connectivity index is 1.82. The van der Waals surface area contributed by atoms with Crippen molar-refractivity contribution in [1.82, 2.24) is 20.3 Å². The molecule has 1 aromatic carbocycles. The Bertz CT molecular complexity index is 561.